The SMILES string of the molecule is CC(C)(C)OC(=O)NC[C@@H]1CCCc2cc(Sc3cc(F)cc4[nH]cnc34)ccc21. The second kappa shape index (κ2) is 8.30. The van der Waals surface area contributed by atoms with E-state index in [0.717, 1.165) is 34.6 Å². The summed E-state index contributed by atoms with van der Waals surface area (Å²) in [7, 11) is 0. The largest absolute Gasteiger partial charge is 0.444 e. The summed E-state index contributed by atoms with van der Waals surface area (Å²) in [5.41, 5.74) is 3.53. The molecule has 1 heterocycles. The molecule has 1 aliphatic carbocycles. The number of ether oxygens (including phenoxy) is 1. The fourth-order valence-corrected chi connectivity index (χ4v) is 4.90. The predicted molar refractivity (Wildman–Crippen MR) is 117 cm³/mol. The molecule has 0 fully saturated rings. The normalized spacial score (nSPS) is 16.3. The van der Waals surface area contributed by atoms with Crippen molar-refractivity contribution in [2.75, 3.05) is 6.54 Å². The molecule has 1 aromatic heterocycles. The highest BCUT2D eigenvalue weighted by Crippen LogP contribution is 2.37. The number of halogens is 1. The van der Waals surface area contributed by atoms with Crippen LogP contribution in [0, 0.1) is 5.82 Å². The molecule has 3 aromatic rings. The monoisotopic (exact) mass is 427 g/mol. The van der Waals surface area contributed by atoms with Crippen LogP contribution in [0.5, 0.6) is 0 Å². The molecule has 158 valence electrons. The Bertz CT molecular complexity index is 1070. The van der Waals surface area contributed by atoms with E-state index in [9.17, 15) is 9.18 Å². The van der Waals surface area contributed by atoms with Crippen LogP contribution in [-0.2, 0) is 11.2 Å². The highest BCUT2D eigenvalue weighted by molar-refractivity contribution is 7.99. The van der Waals surface area contributed by atoms with Crippen molar-refractivity contribution in [1.29, 1.82) is 0 Å². The molecule has 0 radical (unpaired) electrons. The molecule has 0 spiro atoms. The van der Waals surface area contributed by atoms with Gasteiger partial charge in [-0.15, -0.1) is 0 Å². The summed E-state index contributed by atoms with van der Waals surface area (Å²) < 4.78 is 19.3. The number of carbonyl (C=O) groups is 1. The van der Waals surface area contributed by atoms with Gasteiger partial charge in [-0.1, -0.05) is 17.8 Å². The van der Waals surface area contributed by atoms with Gasteiger partial charge < -0.3 is 15.0 Å². The maximum absolute atomic E-state index is 13.9. The quantitative estimate of drug-likeness (QED) is 0.552. The summed E-state index contributed by atoms with van der Waals surface area (Å²) in [6.07, 6.45) is 4.32. The van der Waals surface area contributed by atoms with E-state index < -0.39 is 5.60 Å². The molecule has 0 saturated heterocycles. The van der Waals surface area contributed by atoms with Crippen molar-refractivity contribution in [3.05, 3.63) is 53.6 Å². The van der Waals surface area contributed by atoms with E-state index in [4.69, 9.17) is 4.74 Å². The summed E-state index contributed by atoms with van der Waals surface area (Å²) in [5, 5.41) is 2.91. The zero-order chi connectivity index (χ0) is 21.3. The number of fused-ring (bicyclic) bond motifs is 2. The van der Waals surface area contributed by atoms with Crippen molar-refractivity contribution in [2.24, 2.45) is 0 Å². The van der Waals surface area contributed by atoms with Crippen molar-refractivity contribution >= 4 is 28.9 Å². The fraction of sp³-hybridized carbons (Fsp3) is 0.391. The lowest BCUT2D eigenvalue weighted by molar-refractivity contribution is 0.0523. The molecule has 0 aliphatic heterocycles. The van der Waals surface area contributed by atoms with Gasteiger partial charge in [-0.3, -0.25) is 0 Å². The number of amides is 1. The second-order valence-corrected chi connectivity index (χ2v) is 9.75. The molecule has 7 heteroatoms. The number of carbonyl (C=O) groups excluding carboxylic acids is 1. The van der Waals surface area contributed by atoms with Gasteiger partial charge in [-0.05, 0) is 75.4 Å². The number of rotatable bonds is 4. The molecule has 4 rings (SSSR count). The molecule has 1 atom stereocenters. The first-order valence-electron chi connectivity index (χ1n) is 10.2. The number of hydrogen-bond acceptors (Lipinski definition) is 4. The van der Waals surface area contributed by atoms with Crippen LogP contribution in [0.3, 0.4) is 0 Å². The number of hydrogen-bond donors (Lipinski definition) is 2. The maximum Gasteiger partial charge on any atom is 0.407 e. The smallest absolute Gasteiger partial charge is 0.407 e. The molecule has 0 unspecified atom stereocenters. The van der Waals surface area contributed by atoms with Gasteiger partial charge in [0.05, 0.1) is 11.8 Å². The van der Waals surface area contributed by atoms with Gasteiger partial charge in [0.25, 0.3) is 0 Å². The number of aromatic nitrogens is 2. The number of H-pyrrole nitrogens is 1. The highest BCUT2D eigenvalue weighted by Gasteiger charge is 2.23. The van der Waals surface area contributed by atoms with Crippen LogP contribution in [0.2, 0.25) is 0 Å². The van der Waals surface area contributed by atoms with E-state index in [-0.39, 0.29) is 17.8 Å². The number of aromatic amines is 1. The lowest BCUT2D eigenvalue weighted by atomic mass is 9.83. The fourth-order valence-electron chi connectivity index (χ4n) is 3.88. The Kier molecular flexibility index (Phi) is 5.73. The van der Waals surface area contributed by atoms with Gasteiger partial charge in [-0.25, -0.2) is 14.2 Å². The van der Waals surface area contributed by atoms with E-state index in [1.807, 2.05) is 20.8 Å². The number of imidazole rings is 1. The molecule has 5 nitrogen and oxygen atoms in total. The Balaban J connectivity index is 1.49. The second-order valence-electron chi connectivity index (χ2n) is 8.64. The number of benzene rings is 2. The van der Waals surface area contributed by atoms with Gasteiger partial charge in [0, 0.05) is 22.3 Å². The van der Waals surface area contributed by atoms with Crippen LogP contribution in [0.4, 0.5) is 9.18 Å². The van der Waals surface area contributed by atoms with Gasteiger partial charge in [0.15, 0.2) is 0 Å². The maximum atomic E-state index is 13.9. The Morgan fingerprint density at radius 1 is 1.33 bits per heavy atom. The zero-order valence-electron chi connectivity index (χ0n) is 17.4. The van der Waals surface area contributed by atoms with E-state index >= 15 is 0 Å². The average Bonchev–Trinajstić information content (AvgIpc) is 3.13. The van der Waals surface area contributed by atoms with E-state index in [1.54, 1.807) is 6.33 Å². The molecule has 0 bridgehead atoms. The predicted octanol–water partition coefficient (Wildman–Crippen LogP) is 5.80. The van der Waals surface area contributed by atoms with Crippen LogP contribution in [0.15, 0.2) is 46.5 Å². The Hall–Kier alpha value is -2.54. The van der Waals surface area contributed by atoms with Crippen molar-refractivity contribution in [3.63, 3.8) is 0 Å². The minimum absolute atomic E-state index is 0.271. The lowest BCUT2D eigenvalue weighted by Gasteiger charge is -2.27. The average molecular weight is 428 g/mol. The topological polar surface area (TPSA) is 67.0 Å². The van der Waals surface area contributed by atoms with Crippen LogP contribution in [-0.4, -0.2) is 28.2 Å². The molecular formula is C23H26FN3O2S. The standard InChI is InChI=1S/C23H26FN3O2S/c1-23(2,3)29-22(28)25-12-15-6-4-5-14-9-17(7-8-18(14)15)30-20-11-16(24)10-19-21(20)27-13-26-19/h7-11,13,15H,4-6,12H2,1-3H3,(H,25,28)(H,26,27)/t15-/m0/s1. The first-order valence-corrected chi connectivity index (χ1v) is 11.0. The van der Waals surface area contributed by atoms with Crippen molar-refractivity contribution in [1.82, 2.24) is 15.3 Å². The third-order valence-corrected chi connectivity index (χ3v) is 6.15. The zero-order valence-corrected chi connectivity index (χ0v) is 18.2. The third kappa shape index (κ3) is 4.78. The van der Waals surface area contributed by atoms with Gasteiger partial charge in [-0.2, -0.15) is 0 Å². The van der Waals surface area contributed by atoms with Crippen molar-refractivity contribution in [3.8, 4) is 0 Å². The molecule has 2 N–H and O–H groups in total. The van der Waals surface area contributed by atoms with E-state index in [2.05, 4.69) is 33.5 Å². The molecular weight excluding hydrogens is 401 g/mol. The van der Waals surface area contributed by atoms with Crippen LogP contribution in [0.1, 0.15) is 50.7 Å². The van der Waals surface area contributed by atoms with Crippen molar-refractivity contribution < 1.29 is 13.9 Å². The van der Waals surface area contributed by atoms with E-state index in [0.29, 0.717) is 12.1 Å². The Labute approximate surface area is 179 Å². The molecule has 1 amide bonds. The first-order chi connectivity index (χ1) is 14.3. The number of nitrogens with zero attached hydrogens (tertiary/aromatic N) is 1. The van der Waals surface area contributed by atoms with Crippen LogP contribution >= 0.6 is 11.8 Å². The van der Waals surface area contributed by atoms with Gasteiger partial charge >= 0.3 is 6.09 Å². The number of alkyl carbamates (subject to hydrolysis) is 1. The first kappa shape index (κ1) is 20.7. The van der Waals surface area contributed by atoms with Gasteiger partial charge in [0.1, 0.15) is 16.9 Å². The molecule has 0 saturated carbocycles. The molecule has 30 heavy (non-hydrogen) atoms. The third-order valence-electron chi connectivity index (χ3n) is 5.13. The Morgan fingerprint density at radius 2 is 2.17 bits per heavy atom. The summed E-state index contributed by atoms with van der Waals surface area (Å²) >= 11 is 1.52. The summed E-state index contributed by atoms with van der Waals surface area (Å²) in [4.78, 5) is 21.2. The summed E-state index contributed by atoms with van der Waals surface area (Å²) in [6.45, 7) is 6.14. The molecule has 1 aliphatic rings. The van der Waals surface area contributed by atoms with Crippen LogP contribution in [0.25, 0.3) is 11.0 Å². The van der Waals surface area contributed by atoms with Crippen LogP contribution < -0.4 is 5.32 Å². The van der Waals surface area contributed by atoms with Crippen molar-refractivity contribution in [2.45, 2.75) is 61.3 Å². The lowest BCUT2D eigenvalue weighted by Crippen LogP contribution is -2.35. The molecule has 2 aromatic carbocycles. The number of aryl methyl sites for hydroxylation is 1. The minimum atomic E-state index is -0.503. The van der Waals surface area contributed by atoms with E-state index in [1.165, 1.54) is 35.0 Å². The number of nitrogens with one attached hydrogen (secondary N) is 2. The highest BCUT2D eigenvalue weighted by atomic mass is 32.2. The minimum Gasteiger partial charge on any atom is -0.444 e. The summed E-state index contributed by atoms with van der Waals surface area (Å²) in [5.74, 6) is -0.00646. The van der Waals surface area contributed by atoms with Gasteiger partial charge in [0.2, 0.25) is 0 Å². The summed E-state index contributed by atoms with van der Waals surface area (Å²) in [6, 6.07) is 9.38. The Morgan fingerprint density at radius 3 is 2.97 bits per heavy atom.